The molecule has 0 aliphatic rings. The Kier molecular flexibility index (Phi) is 5.09. The van der Waals surface area contributed by atoms with Crippen LogP contribution < -0.4 is 0 Å². The lowest BCUT2D eigenvalue weighted by Gasteiger charge is -2.10. The number of hydrogen-bond acceptors (Lipinski definition) is 8. The molecule has 0 aliphatic heterocycles. The normalized spacial score (nSPS) is 11.1. The summed E-state index contributed by atoms with van der Waals surface area (Å²) in [6, 6.07) is 17.6. The van der Waals surface area contributed by atoms with Crippen molar-refractivity contribution in [2.24, 2.45) is 0 Å². The molecule has 0 N–H and O–H groups in total. The first-order valence-corrected chi connectivity index (χ1v) is 10.2. The Morgan fingerprint density at radius 1 is 0.967 bits per heavy atom. The summed E-state index contributed by atoms with van der Waals surface area (Å²) in [6.45, 7) is 0.641. The largest absolute Gasteiger partial charge is 0.461 e. The Labute approximate surface area is 176 Å². The first-order chi connectivity index (χ1) is 14.9. The molecule has 9 heteroatoms. The highest BCUT2D eigenvalue weighted by Crippen LogP contribution is 2.27. The van der Waals surface area contributed by atoms with Crippen molar-refractivity contribution in [2.75, 3.05) is 0 Å². The summed E-state index contributed by atoms with van der Waals surface area (Å²) < 4.78 is 12.7. The molecule has 4 heterocycles. The number of aromatic nitrogens is 6. The van der Waals surface area contributed by atoms with Crippen molar-refractivity contribution in [2.45, 2.75) is 17.5 Å². The Bertz CT molecular complexity index is 1220. The van der Waals surface area contributed by atoms with Gasteiger partial charge in [0.1, 0.15) is 0 Å². The van der Waals surface area contributed by atoms with Gasteiger partial charge in [-0.3, -0.25) is 9.55 Å². The van der Waals surface area contributed by atoms with Crippen molar-refractivity contribution < 1.29 is 8.94 Å². The fourth-order valence-electron chi connectivity index (χ4n) is 2.96. The van der Waals surface area contributed by atoms with E-state index in [2.05, 4.69) is 42.0 Å². The molecule has 5 rings (SSSR count). The molecule has 0 saturated heterocycles. The fraction of sp³-hybridized carbons (Fsp3) is 0.0952. The molecular formula is C21H16N6O2S. The van der Waals surface area contributed by atoms with Crippen molar-refractivity contribution in [1.29, 1.82) is 0 Å². The van der Waals surface area contributed by atoms with E-state index in [0.717, 1.165) is 22.1 Å². The molecule has 0 fully saturated rings. The number of hydrogen-bond donors (Lipinski definition) is 0. The van der Waals surface area contributed by atoms with E-state index in [9.17, 15) is 0 Å². The fourth-order valence-corrected chi connectivity index (χ4v) is 3.73. The predicted molar refractivity (Wildman–Crippen MR) is 110 cm³/mol. The van der Waals surface area contributed by atoms with Crippen molar-refractivity contribution in [1.82, 2.24) is 29.9 Å². The van der Waals surface area contributed by atoms with Crippen LogP contribution in [0.4, 0.5) is 0 Å². The maximum atomic E-state index is 5.35. The highest BCUT2D eigenvalue weighted by Gasteiger charge is 2.17. The van der Waals surface area contributed by atoms with Crippen LogP contribution in [0.3, 0.4) is 0 Å². The van der Waals surface area contributed by atoms with Gasteiger partial charge < -0.3 is 8.94 Å². The van der Waals surface area contributed by atoms with E-state index < -0.39 is 0 Å². The van der Waals surface area contributed by atoms with Gasteiger partial charge >= 0.3 is 0 Å². The monoisotopic (exact) mass is 416 g/mol. The zero-order valence-electron chi connectivity index (χ0n) is 15.8. The zero-order valence-corrected chi connectivity index (χ0v) is 16.6. The van der Waals surface area contributed by atoms with Crippen LogP contribution in [-0.4, -0.2) is 29.9 Å². The number of furan rings is 1. The van der Waals surface area contributed by atoms with Gasteiger partial charge in [-0.1, -0.05) is 47.3 Å². The van der Waals surface area contributed by atoms with Crippen molar-refractivity contribution >= 4 is 11.8 Å². The molecule has 0 radical (unpaired) electrons. The Balaban J connectivity index is 1.41. The summed E-state index contributed by atoms with van der Waals surface area (Å²) in [7, 11) is 0. The van der Waals surface area contributed by atoms with Crippen molar-refractivity contribution in [3.05, 3.63) is 84.7 Å². The van der Waals surface area contributed by atoms with E-state index in [4.69, 9.17) is 8.94 Å². The van der Waals surface area contributed by atoms with Gasteiger partial charge in [0.15, 0.2) is 16.7 Å². The van der Waals surface area contributed by atoms with E-state index in [1.165, 1.54) is 11.8 Å². The minimum Gasteiger partial charge on any atom is -0.461 e. The molecule has 0 unspecified atom stereocenters. The third kappa shape index (κ3) is 3.87. The van der Waals surface area contributed by atoms with Crippen LogP contribution in [0.2, 0.25) is 0 Å². The summed E-state index contributed by atoms with van der Waals surface area (Å²) in [6.07, 6.45) is 5.10. The third-order valence-electron chi connectivity index (χ3n) is 4.35. The zero-order chi connectivity index (χ0) is 20.2. The molecule has 0 saturated carbocycles. The average molecular weight is 416 g/mol. The third-order valence-corrected chi connectivity index (χ3v) is 5.31. The van der Waals surface area contributed by atoms with Crippen molar-refractivity contribution in [3.8, 4) is 23.0 Å². The summed E-state index contributed by atoms with van der Waals surface area (Å²) in [5.41, 5.74) is 2.06. The molecule has 30 heavy (non-hydrogen) atoms. The Hall–Kier alpha value is -3.72. The van der Waals surface area contributed by atoms with Gasteiger partial charge in [-0.15, -0.1) is 10.2 Å². The average Bonchev–Trinajstić information content (AvgIpc) is 3.55. The topological polar surface area (TPSA) is 95.7 Å². The lowest BCUT2D eigenvalue weighted by atomic mass is 10.2. The number of pyridine rings is 1. The highest BCUT2D eigenvalue weighted by atomic mass is 32.2. The summed E-state index contributed by atoms with van der Waals surface area (Å²) in [5, 5.41) is 13.5. The summed E-state index contributed by atoms with van der Waals surface area (Å²) >= 11 is 1.49. The minimum absolute atomic E-state index is 0.428. The van der Waals surface area contributed by atoms with E-state index in [1.807, 2.05) is 30.3 Å². The molecule has 0 amide bonds. The number of thioether (sulfide) groups is 1. The smallest absolute Gasteiger partial charge is 0.238 e. The molecular weight excluding hydrogens is 400 g/mol. The van der Waals surface area contributed by atoms with Crippen LogP contribution in [0.5, 0.6) is 0 Å². The molecule has 8 nitrogen and oxygen atoms in total. The lowest BCUT2D eigenvalue weighted by molar-refractivity contribution is 0.390. The van der Waals surface area contributed by atoms with Gasteiger partial charge in [-0.25, -0.2) is 0 Å². The van der Waals surface area contributed by atoms with Crippen LogP contribution in [0, 0.1) is 0 Å². The molecule has 0 bridgehead atoms. The Morgan fingerprint density at radius 2 is 1.90 bits per heavy atom. The molecule has 0 atom stereocenters. The van der Waals surface area contributed by atoms with Crippen LogP contribution in [0.15, 0.2) is 87.4 Å². The van der Waals surface area contributed by atoms with Crippen LogP contribution in [-0.2, 0) is 12.3 Å². The second-order valence-corrected chi connectivity index (χ2v) is 7.34. The predicted octanol–water partition coefficient (Wildman–Crippen LogP) is 4.32. The SMILES string of the molecule is c1ccc(Cn2c(SCc3nc(-c4ccco4)no3)nnc2-c2cccnc2)cc1. The van der Waals surface area contributed by atoms with Gasteiger partial charge in [-0.05, 0) is 29.8 Å². The maximum Gasteiger partial charge on any atom is 0.238 e. The highest BCUT2D eigenvalue weighted by molar-refractivity contribution is 7.98. The van der Waals surface area contributed by atoms with Gasteiger partial charge in [0.2, 0.25) is 11.7 Å². The van der Waals surface area contributed by atoms with Crippen LogP contribution in [0.25, 0.3) is 23.0 Å². The maximum absolute atomic E-state index is 5.35. The van der Waals surface area contributed by atoms with Crippen LogP contribution >= 0.6 is 11.8 Å². The van der Waals surface area contributed by atoms with Gasteiger partial charge in [-0.2, -0.15) is 4.98 Å². The molecule has 5 aromatic rings. The van der Waals surface area contributed by atoms with Crippen LogP contribution in [0.1, 0.15) is 11.5 Å². The van der Waals surface area contributed by atoms with E-state index in [-0.39, 0.29) is 0 Å². The number of benzene rings is 1. The van der Waals surface area contributed by atoms with E-state index >= 15 is 0 Å². The second kappa shape index (κ2) is 8.34. The summed E-state index contributed by atoms with van der Waals surface area (Å²) in [4.78, 5) is 8.60. The van der Waals surface area contributed by atoms with Gasteiger partial charge in [0, 0.05) is 18.0 Å². The molecule has 1 aromatic carbocycles. The Morgan fingerprint density at radius 3 is 2.70 bits per heavy atom. The molecule has 148 valence electrons. The molecule has 0 spiro atoms. The van der Waals surface area contributed by atoms with E-state index in [0.29, 0.717) is 29.8 Å². The van der Waals surface area contributed by atoms with Gasteiger partial charge in [0.05, 0.1) is 18.6 Å². The lowest BCUT2D eigenvalue weighted by Crippen LogP contribution is -2.04. The quantitative estimate of drug-likeness (QED) is 0.362. The number of nitrogens with zero attached hydrogens (tertiary/aromatic N) is 6. The molecule has 4 aromatic heterocycles. The minimum atomic E-state index is 0.428. The van der Waals surface area contributed by atoms with Gasteiger partial charge in [0.25, 0.3) is 0 Å². The molecule has 0 aliphatic carbocycles. The standard InChI is InChI=1S/C21H16N6O2S/c1-2-6-15(7-3-1)13-27-20(16-8-4-10-22-12-16)24-25-21(27)30-14-18-23-19(26-29-18)17-9-5-11-28-17/h1-12H,13-14H2. The summed E-state index contributed by atoms with van der Waals surface area (Å²) in [5.74, 6) is 2.71. The first-order valence-electron chi connectivity index (χ1n) is 9.23. The second-order valence-electron chi connectivity index (χ2n) is 6.40. The van der Waals surface area contributed by atoms with Crippen molar-refractivity contribution in [3.63, 3.8) is 0 Å². The first kappa shape index (κ1) is 18.3. The van der Waals surface area contributed by atoms with E-state index in [1.54, 1.807) is 30.8 Å². The number of rotatable bonds is 7.